The second-order valence-corrected chi connectivity index (χ2v) is 7.20. The molecular formula is C24H29O2P. The lowest BCUT2D eigenvalue weighted by molar-refractivity contribution is 0.0602. The third kappa shape index (κ3) is 6.05. The molecule has 0 aliphatic rings. The topological polar surface area (TPSA) is 26.3 Å². The number of ether oxygens (including phenoxy) is 1. The highest BCUT2D eigenvalue weighted by molar-refractivity contribution is 7.80. The van der Waals surface area contributed by atoms with Crippen molar-refractivity contribution < 1.29 is 9.53 Å². The molecule has 3 rings (SSSR count). The van der Waals surface area contributed by atoms with E-state index in [2.05, 4.69) is 24.3 Å². The highest BCUT2D eigenvalue weighted by atomic mass is 31.1. The van der Waals surface area contributed by atoms with Gasteiger partial charge in [0.05, 0.1) is 12.7 Å². The van der Waals surface area contributed by atoms with E-state index in [4.69, 9.17) is 4.74 Å². The molecular weight excluding hydrogens is 351 g/mol. The molecule has 0 radical (unpaired) electrons. The minimum Gasteiger partial charge on any atom is -0.465 e. The Hall–Kier alpha value is -2.44. The molecule has 0 atom stereocenters. The van der Waals surface area contributed by atoms with Crippen LogP contribution in [-0.2, 0) is 4.74 Å². The molecule has 142 valence electrons. The lowest BCUT2D eigenvalue weighted by atomic mass is 10.2. The van der Waals surface area contributed by atoms with Crippen molar-refractivity contribution in [2.45, 2.75) is 27.7 Å². The molecule has 0 unspecified atom stereocenters. The van der Waals surface area contributed by atoms with E-state index in [1.807, 2.05) is 88.4 Å². The quantitative estimate of drug-likeness (QED) is 0.454. The molecule has 0 saturated carbocycles. The average Bonchev–Trinajstić information content (AvgIpc) is 2.78. The molecule has 0 bridgehead atoms. The molecule has 0 amide bonds. The van der Waals surface area contributed by atoms with Gasteiger partial charge in [0.15, 0.2) is 0 Å². The maximum atomic E-state index is 12.2. The number of hydrogen-bond donors (Lipinski definition) is 0. The van der Waals surface area contributed by atoms with Gasteiger partial charge in [0.25, 0.3) is 0 Å². The summed E-state index contributed by atoms with van der Waals surface area (Å²) in [6.07, 6.45) is 0. The van der Waals surface area contributed by atoms with Crippen molar-refractivity contribution in [2.75, 3.05) is 7.11 Å². The van der Waals surface area contributed by atoms with Crippen molar-refractivity contribution in [3.05, 3.63) is 90.5 Å². The number of benzene rings is 3. The molecule has 0 saturated heterocycles. The predicted octanol–water partition coefficient (Wildman–Crippen LogP) is 5.28. The second-order valence-electron chi connectivity index (χ2n) is 5.02. The van der Waals surface area contributed by atoms with Gasteiger partial charge in [-0.25, -0.2) is 4.79 Å². The lowest BCUT2D eigenvalue weighted by Gasteiger charge is -2.21. The Balaban J connectivity index is 0.000000855. The Kier molecular flexibility index (Phi) is 10.7. The van der Waals surface area contributed by atoms with Gasteiger partial charge in [-0.3, -0.25) is 0 Å². The summed E-state index contributed by atoms with van der Waals surface area (Å²) in [6.45, 7) is 8.00. The number of hydrogen-bond acceptors (Lipinski definition) is 2. The van der Waals surface area contributed by atoms with Gasteiger partial charge in [-0.15, -0.1) is 0 Å². The minimum atomic E-state index is -0.806. The van der Waals surface area contributed by atoms with Crippen LogP contribution in [0.3, 0.4) is 0 Å². The standard InChI is InChI=1S/C20H17O2P.2C2H6/c1-22-20(21)18-14-8-9-15-19(18)23(16-10-4-2-5-11-16)17-12-6-3-7-13-17;2*1-2/h2-15H,1H3;2*1-2H3. The summed E-state index contributed by atoms with van der Waals surface area (Å²) in [4.78, 5) is 12.2. The van der Waals surface area contributed by atoms with Crippen LogP contribution in [0.4, 0.5) is 0 Å². The summed E-state index contributed by atoms with van der Waals surface area (Å²) < 4.78 is 4.97. The first kappa shape index (κ1) is 22.6. The average molecular weight is 380 g/mol. The molecule has 0 aliphatic heterocycles. The number of carbonyl (C=O) groups excluding carboxylic acids is 1. The molecule has 0 fully saturated rings. The van der Waals surface area contributed by atoms with E-state index in [1.54, 1.807) is 0 Å². The molecule has 0 heterocycles. The van der Waals surface area contributed by atoms with Crippen molar-refractivity contribution in [3.63, 3.8) is 0 Å². The van der Waals surface area contributed by atoms with E-state index >= 15 is 0 Å². The first-order valence-corrected chi connectivity index (χ1v) is 10.7. The highest BCUT2D eigenvalue weighted by Gasteiger charge is 2.22. The van der Waals surface area contributed by atoms with Crippen molar-refractivity contribution in [1.29, 1.82) is 0 Å². The van der Waals surface area contributed by atoms with Gasteiger partial charge in [-0.05, 0) is 29.9 Å². The molecule has 2 nitrogen and oxygen atoms in total. The number of esters is 1. The van der Waals surface area contributed by atoms with E-state index in [9.17, 15) is 4.79 Å². The molecule has 0 aromatic heterocycles. The Morgan fingerprint density at radius 2 is 1.07 bits per heavy atom. The van der Waals surface area contributed by atoms with Gasteiger partial charge < -0.3 is 4.74 Å². The third-order valence-electron chi connectivity index (χ3n) is 3.58. The zero-order valence-electron chi connectivity index (χ0n) is 16.8. The van der Waals surface area contributed by atoms with Gasteiger partial charge in [-0.1, -0.05) is 107 Å². The Bertz CT molecular complexity index is 746. The van der Waals surface area contributed by atoms with E-state index < -0.39 is 7.92 Å². The van der Waals surface area contributed by atoms with Crippen molar-refractivity contribution in [2.24, 2.45) is 0 Å². The van der Waals surface area contributed by atoms with Crippen LogP contribution in [0, 0.1) is 0 Å². The van der Waals surface area contributed by atoms with Crippen LogP contribution in [0.15, 0.2) is 84.9 Å². The summed E-state index contributed by atoms with van der Waals surface area (Å²) in [5.74, 6) is -0.292. The van der Waals surface area contributed by atoms with Crippen molar-refractivity contribution in [3.8, 4) is 0 Å². The van der Waals surface area contributed by atoms with Gasteiger partial charge in [0.1, 0.15) is 0 Å². The Morgan fingerprint density at radius 1 is 0.667 bits per heavy atom. The van der Waals surface area contributed by atoms with Crippen LogP contribution >= 0.6 is 7.92 Å². The smallest absolute Gasteiger partial charge is 0.338 e. The molecule has 3 aromatic carbocycles. The molecule has 27 heavy (non-hydrogen) atoms. The summed E-state index contributed by atoms with van der Waals surface area (Å²) in [7, 11) is 0.617. The first-order chi connectivity index (χ1) is 13.3. The normalized spacial score (nSPS) is 9.41. The minimum absolute atomic E-state index is 0.292. The van der Waals surface area contributed by atoms with Crippen molar-refractivity contribution in [1.82, 2.24) is 0 Å². The van der Waals surface area contributed by atoms with E-state index in [0.29, 0.717) is 5.56 Å². The number of rotatable bonds is 4. The van der Waals surface area contributed by atoms with Crippen LogP contribution in [0.2, 0.25) is 0 Å². The van der Waals surface area contributed by atoms with Crippen LogP contribution in [0.1, 0.15) is 38.1 Å². The number of carbonyl (C=O) groups is 1. The largest absolute Gasteiger partial charge is 0.465 e. The maximum absolute atomic E-state index is 12.2. The van der Waals surface area contributed by atoms with Crippen LogP contribution < -0.4 is 15.9 Å². The van der Waals surface area contributed by atoms with Crippen molar-refractivity contribution >= 4 is 29.8 Å². The highest BCUT2D eigenvalue weighted by Crippen LogP contribution is 2.34. The molecule has 3 heteroatoms. The molecule has 3 aromatic rings. The van der Waals surface area contributed by atoms with Crippen LogP contribution in [0.5, 0.6) is 0 Å². The summed E-state index contributed by atoms with van der Waals surface area (Å²) in [5.41, 5.74) is 0.633. The Labute approximate surface area is 165 Å². The van der Waals surface area contributed by atoms with Gasteiger partial charge in [0, 0.05) is 0 Å². The first-order valence-electron chi connectivity index (χ1n) is 9.39. The summed E-state index contributed by atoms with van der Waals surface area (Å²) >= 11 is 0. The molecule has 0 spiro atoms. The van der Waals surface area contributed by atoms with E-state index in [1.165, 1.54) is 17.7 Å². The van der Waals surface area contributed by atoms with Gasteiger partial charge >= 0.3 is 5.97 Å². The van der Waals surface area contributed by atoms with Gasteiger partial charge in [-0.2, -0.15) is 0 Å². The third-order valence-corrected chi connectivity index (χ3v) is 6.08. The second kappa shape index (κ2) is 12.8. The van der Waals surface area contributed by atoms with Crippen LogP contribution in [0.25, 0.3) is 0 Å². The molecule has 0 N–H and O–H groups in total. The fourth-order valence-electron chi connectivity index (χ4n) is 2.53. The monoisotopic (exact) mass is 380 g/mol. The SMILES string of the molecule is CC.CC.COC(=O)c1ccccc1P(c1ccccc1)c1ccccc1. The Morgan fingerprint density at radius 3 is 1.52 bits per heavy atom. The zero-order chi connectivity index (χ0) is 20.1. The predicted molar refractivity (Wildman–Crippen MR) is 119 cm³/mol. The fraction of sp³-hybridized carbons (Fsp3) is 0.208. The van der Waals surface area contributed by atoms with Gasteiger partial charge in [0.2, 0.25) is 0 Å². The zero-order valence-corrected chi connectivity index (χ0v) is 17.7. The number of methoxy groups -OCH3 is 1. The maximum Gasteiger partial charge on any atom is 0.338 e. The lowest BCUT2D eigenvalue weighted by Crippen LogP contribution is -2.25. The fourth-order valence-corrected chi connectivity index (χ4v) is 4.97. The van der Waals surface area contributed by atoms with E-state index in [0.717, 1.165) is 5.30 Å². The summed E-state index contributed by atoms with van der Waals surface area (Å²) in [5, 5.41) is 3.45. The molecule has 0 aliphatic carbocycles. The summed E-state index contributed by atoms with van der Waals surface area (Å²) in [6, 6.07) is 28.3. The van der Waals surface area contributed by atoms with Crippen LogP contribution in [-0.4, -0.2) is 13.1 Å². The van der Waals surface area contributed by atoms with E-state index in [-0.39, 0.29) is 5.97 Å².